The van der Waals surface area contributed by atoms with Crippen LogP contribution >= 0.6 is 0 Å². The molecular weight excluding hydrogens is 194 g/mol. The number of carbonyl (C=O) groups excluding carboxylic acids is 1. The molecule has 1 heterocycles. The first-order valence-corrected chi connectivity index (χ1v) is 4.83. The lowest BCUT2D eigenvalue weighted by atomic mass is 9.86. The second kappa shape index (κ2) is 4.44. The normalized spacial score (nSPS) is 13.8. The van der Waals surface area contributed by atoms with E-state index in [1.165, 1.54) is 6.26 Å². The van der Waals surface area contributed by atoms with Crippen molar-refractivity contribution in [3.8, 4) is 0 Å². The third kappa shape index (κ3) is 3.36. The van der Waals surface area contributed by atoms with Gasteiger partial charge < -0.3 is 10.3 Å². The van der Waals surface area contributed by atoms with Gasteiger partial charge in [0.15, 0.2) is 0 Å². The molecule has 0 aliphatic carbocycles. The molecule has 0 spiro atoms. The van der Waals surface area contributed by atoms with Crippen LogP contribution in [-0.2, 0) is 11.3 Å². The van der Waals surface area contributed by atoms with E-state index in [1.807, 2.05) is 20.8 Å². The number of nitrogens with one attached hydrogen (secondary N) is 1. The summed E-state index contributed by atoms with van der Waals surface area (Å²) in [6, 6.07) is 1.36. The maximum absolute atomic E-state index is 11.2. The van der Waals surface area contributed by atoms with E-state index >= 15 is 0 Å². The predicted molar refractivity (Wildman–Crippen MR) is 55.8 cm³/mol. The van der Waals surface area contributed by atoms with Crippen molar-refractivity contribution < 1.29 is 9.32 Å². The van der Waals surface area contributed by atoms with Crippen LogP contribution in [0.15, 0.2) is 16.9 Å². The van der Waals surface area contributed by atoms with Crippen molar-refractivity contribution in [3.63, 3.8) is 0 Å². The highest BCUT2D eigenvalue weighted by Crippen LogP contribution is 2.19. The fourth-order valence-corrected chi connectivity index (χ4v) is 1.37. The van der Waals surface area contributed by atoms with Gasteiger partial charge in [-0.2, -0.15) is 0 Å². The standard InChI is InChI=1S/C10H17N3O2/c1-10(2,3)8(9(11)14)12-6-7-4-5-15-13-7/h4-5,8,12H,6H2,1-3H3,(H2,11,14)/t8-/m1/s1. The lowest BCUT2D eigenvalue weighted by molar-refractivity contribution is -0.122. The molecule has 1 aromatic rings. The van der Waals surface area contributed by atoms with Gasteiger partial charge in [0.1, 0.15) is 6.26 Å². The van der Waals surface area contributed by atoms with E-state index in [0.29, 0.717) is 6.54 Å². The van der Waals surface area contributed by atoms with Gasteiger partial charge in [-0.1, -0.05) is 25.9 Å². The van der Waals surface area contributed by atoms with Crippen molar-refractivity contribution in [3.05, 3.63) is 18.0 Å². The topological polar surface area (TPSA) is 81.2 Å². The van der Waals surface area contributed by atoms with Crippen LogP contribution in [0.5, 0.6) is 0 Å². The highest BCUT2D eigenvalue weighted by atomic mass is 16.5. The minimum Gasteiger partial charge on any atom is -0.368 e. The second-order valence-electron chi connectivity index (χ2n) is 4.57. The fraction of sp³-hybridized carbons (Fsp3) is 0.600. The van der Waals surface area contributed by atoms with Gasteiger partial charge in [-0.25, -0.2) is 0 Å². The van der Waals surface area contributed by atoms with Gasteiger partial charge >= 0.3 is 0 Å². The molecule has 1 rings (SSSR count). The van der Waals surface area contributed by atoms with E-state index in [2.05, 4.69) is 15.0 Å². The summed E-state index contributed by atoms with van der Waals surface area (Å²) in [5.41, 5.74) is 5.86. The molecule has 0 saturated heterocycles. The van der Waals surface area contributed by atoms with Crippen LogP contribution < -0.4 is 11.1 Å². The number of carbonyl (C=O) groups is 1. The van der Waals surface area contributed by atoms with Crippen LogP contribution in [0.3, 0.4) is 0 Å². The summed E-state index contributed by atoms with van der Waals surface area (Å²) < 4.78 is 4.69. The first kappa shape index (κ1) is 11.7. The van der Waals surface area contributed by atoms with Gasteiger partial charge in [-0.3, -0.25) is 10.1 Å². The van der Waals surface area contributed by atoms with Gasteiger partial charge in [0.25, 0.3) is 0 Å². The van der Waals surface area contributed by atoms with Crippen molar-refractivity contribution in [1.82, 2.24) is 10.5 Å². The summed E-state index contributed by atoms with van der Waals surface area (Å²) in [7, 11) is 0. The zero-order valence-electron chi connectivity index (χ0n) is 9.28. The summed E-state index contributed by atoms with van der Waals surface area (Å²) in [4.78, 5) is 11.2. The molecule has 5 nitrogen and oxygen atoms in total. The molecule has 15 heavy (non-hydrogen) atoms. The molecule has 1 aromatic heterocycles. The molecular formula is C10H17N3O2. The average molecular weight is 211 g/mol. The highest BCUT2D eigenvalue weighted by Gasteiger charge is 2.29. The number of nitrogens with zero attached hydrogens (tertiary/aromatic N) is 1. The molecule has 0 saturated carbocycles. The lowest BCUT2D eigenvalue weighted by Crippen LogP contribution is -2.49. The van der Waals surface area contributed by atoms with Crippen molar-refractivity contribution in [2.24, 2.45) is 11.1 Å². The Balaban J connectivity index is 2.57. The lowest BCUT2D eigenvalue weighted by Gasteiger charge is -2.28. The molecule has 0 radical (unpaired) electrons. The minimum atomic E-state index is -0.380. The van der Waals surface area contributed by atoms with Crippen LogP contribution in [0.1, 0.15) is 26.5 Å². The van der Waals surface area contributed by atoms with Gasteiger partial charge in [-0.05, 0) is 5.41 Å². The SMILES string of the molecule is CC(C)(C)[C@H](NCc1ccon1)C(N)=O. The molecule has 0 unspecified atom stereocenters. The second-order valence-corrected chi connectivity index (χ2v) is 4.57. The maximum atomic E-state index is 11.2. The van der Waals surface area contributed by atoms with E-state index in [1.54, 1.807) is 6.07 Å². The molecule has 84 valence electrons. The minimum absolute atomic E-state index is 0.213. The van der Waals surface area contributed by atoms with Crippen molar-refractivity contribution >= 4 is 5.91 Å². The molecule has 0 fully saturated rings. The largest absolute Gasteiger partial charge is 0.368 e. The van der Waals surface area contributed by atoms with E-state index in [-0.39, 0.29) is 17.4 Å². The van der Waals surface area contributed by atoms with Crippen molar-refractivity contribution in [1.29, 1.82) is 0 Å². The summed E-state index contributed by atoms with van der Waals surface area (Å²) in [5, 5.41) is 6.80. The molecule has 0 aliphatic heterocycles. The van der Waals surface area contributed by atoms with E-state index in [9.17, 15) is 4.79 Å². The van der Waals surface area contributed by atoms with Crippen LogP contribution in [-0.4, -0.2) is 17.1 Å². The zero-order chi connectivity index (χ0) is 11.5. The molecule has 1 amide bonds. The first-order chi connectivity index (χ1) is 6.91. The molecule has 1 atom stereocenters. The van der Waals surface area contributed by atoms with E-state index < -0.39 is 0 Å². The van der Waals surface area contributed by atoms with Gasteiger partial charge in [-0.15, -0.1) is 0 Å². The van der Waals surface area contributed by atoms with E-state index in [4.69, 9.17) is 5.73 Å². The number of amides is 1. The number of primary amides is 1. The third-order valence-corrected chi connectivity index (χ3v) is 2.13. The summed E-state index contributed by atoms with van der Waals surface area (Å²) in [6.07, 6.45) is 1.49. The van der Waals surface area contributed by atoms with Crippen LogP contribution in [0.25, 0.3) is 0 Å². The first-order valence-electron chi connectivity index (χ1n) is 4.83. The Hall–Kier alpha value is -1.36. The monoisotopic (exact) mass is 211 g/mol. The van der Waals surface area contributed by atoms with Gasteiger partial charge in [0.05, 0.1) is 11.7 Å². The molecule has 3 N–H and O–H groups in total. The van der Waals surface area contributed by atoms with Gasteiger partial charge in [0.2, 0.25) is 5.91 Å². The molecule has 0 aliphatic rings. The summed E-state index contributed by atoms with van der Waals surface area (Å²) >= 11 is 0. The molecule has 5 heteroatoms. The number of aromatic nitrogens is 1. The number of hydrogen-bond donors (Lipinski definition) is 2. The van der Waals surface area contributed by atoms with Crippen LogP contribution in [0.4, 0.5) is 0 Å². The quantitative estimate of drug-likeness (QED) is 0.766. The van der Waals surface area contributed by atoms with Crippen molar-refractivity contribution in [2.45, 2.75) is 33.4 Å². The van der Waals surface area contributed by atoms with Crippen LogP contribution in [0.2, 0.25) is 0 Å². The van der Waals surface area contributed by atoms with Crippen LogP contribution in [0, 0.1) is 5.41 Å². The highest BCUT2D eigenvalue weighted by molar-refractivity contribution is 5.80. The smallest absolute Gasteiger partial charge is 0.235 e. The summed E-state index contributed by atoms with van der Waals surface area (Å²) in [6.45, 7) is 6.34. The zero-order valence-corrected chi connectivity index (χ0v) is 9.28. The fourth-order valence-electron chi connectivity index (χ4n) is 1.37. The molecule has 0 aromatic carbocycles. The Morgan fingerprint density at radius 1 is 1.67 bits per heavy atom. The number of nitrogens with two attached hydrogens (primary N) is 1. The number of rotatable bonds is 4. The number of hydrogen-bond acceptors (Lipinski definition) is 4. The Morgan fingerprint density at radius 2 is 2.33 bits per heavy atom. The average Bonchev–Trinajstić information content (AvgIpc) is 2.53. The molecule has 0 bridgehead atoms. The maximum Gasteiger partial charge on any atom is 0.235 e. The Labute approximate surface area is 89.0 Å². The Kier molecular flexibility index (Phi) is 3.47. The van der Waals surface area contributed by atoms with E-state index in [0.717, 1.165) is 5.69 Å². The van der Waals surface area contributed by atoms with Crippen molar-refractivity contribution in [2.75, 3.05) is 0 Å². The third-order valence-electron chi connectivity index (χ3n) is 2.13. The summed E-state index contributed by atoms with van der Waals surface area (Å²) in [5.74, 6) is -0.356. The van der Waals surface area contributed by atoms with Gasteiger partial charge in [0, 0.05) is 12.6 Å². The Morgan fingerprint density at radius 3 is 2.73 bits per heavy atom. The predicted octanol–water partition coefficient (Wildman–Crippen LogP) is 0.664. The Bertz CT molecular complexity index is 314.